The highest BCUT2D eigenvalue weighted by atomic mass is 16.1. The summed E-state index contributed by atoms with van der Waals surface area (Å²) in [5.41, 5.74) is 3.91. The average molecular weight is 351 g/mol. The van der Waals surface area contributed by atoms with E-state index in [2.05, 4.69) is 48.5 Å². The van der Waals surface area contributed by atoms with Gasteiger partial charge in [-0.1, -0.05) is 37.6 Å². The number of aliphatic imine (C=N–C) groups is 1. The number of carbonyl (C=O) groups excluding carboxylic acids is 1. The lowest BCUT2D eigenvalue weighted by Gasteiger charge is -2.22. The largest absolute Gasteiger partial charge is 0.375 e. The lowest BCUT2D eigenvalue weighted by Crippen LogP contribution is -2.32. The Labute approximate surface area is 156 Å². The Hall–Kier alpha value is -2.62. The van der Waals surface area contributed by atoms with E-state index in [9.17, 15) is 4.79 Å². The van der Waals surface area contributed by atoms with Crippen molar-refractivity contribution in [2.24, 2.45) is 4.99 Å². The van der Waals surface area contributed by atoms with E-state index in [1.807, 2.05) is 42.6 Å². The Morgan fingerprint density at radius 2 is 1.58 bits per heavy atom. The quantitative estimate of drug-likeness (QED) is 0.677. The molecule has 0 aliphatic rings. The minimum absolute atomic E-state index is 0.00704. The molecular weight excluding hydrogens is 322 g/mol. The minimum atomic E-state index is -0.219. The van der Waals surface area contributed by atoms with E-state index in [4.69, 9.17) is 0 Å². The van der Waals surface area contributed by atoms with E-state index in [1.165, 1.54) is 5.56 Å². The molecule has 0 saturated carbocycles. The second-order valence-electron chi connectivity index (χ2n) is 7.10. The van der Waals surface area contributed by atoms with Gasteiger partial charge in [0.1, 0.15) is 0 Å². The van der Waals surface area contributed by atoms with Crippen LogP contribution in [-0.2, 0) is 17.6 Å². The maximum Gasteiger partial charge on any atom is 0.228 e. The zero-order valence-electron chi connectivity index (χ0n) is 16.2. The van der Waals surface area contributed by atoms with Crippen LogP contribution in [0.25, 0.3) is 0 Å². The Kier molecular flexibility index (Phi) is 6.96. The van der Waals surface area contributed by atoms with E-state index in [0.717, 1.165) is 29.8 Å². The molecule has 0 radical (unpaired) electrons. The first-order valence-corrected chi connectivity index (χ1v) is 9.11. The molecule has 0 fully saturated rings. The molecule has 2 rings (SSSR count). The van der Waals surface area contributed by atoms with Gasteiger partial charge in [-0.05, 0) is 55.7 Å². The van der Waals surface area contributed by atoms with Gasteiger partial charge in [-0.25, -0.2) is 0 Å². The van der Waals surface area contributed by atoms with Crippen LogP contribution in [-0.4, -0.2) is 24.7 Å². The Morgan fingerprint density at radius 1 is 1.00 bits per heavy atom. The van der Waals surface area contributed by atoms with Crippen LogP contribution in [0.3, 0.4) is 0 Å². The first-order chi connectivity index (χ1) is 12.4. The lowest BCUT2D eigenvalue weighted by atomic mass is 10.1. The highest BCUT2D eigenvalue weighted by Crippen LogP contribution is 2.18. The minimum Gasteiger partial charge on any atom is -0.375 e. The smallest absolute Gasteiger partial charge is 0.228 e. The zero-order chi connectivity index (χ0) is 19.0. The second-order valence-corrected chi connectivity index (χ2v) is 7.10. The molecule has 0 spiro atoms. The summed E-state index contributed by atoms with van der Waals surface area (Å²) in [6.07, 6.45) is 4.46. The van der Waals surface area contributed by atoms with E-state index < -0.39 is 0 Å². The van der Waals surface area contributed by atoms with Crippen molar-refractivity contribution in [2.45, 2.75) is 45.6 Å². The Morgan fingerprint density at radius 3 is 2.15 bits per heavy atom. The van der Waals surface area contributed by atoms with Crippen LogP contribution in [0.1, 0.15) is 38.3 Å². The van der Waals surface area contributed by atoms with E-state index in [0.29, 0.717) is 6.42 Å². The zero-order valence-corrected chi connectivity index (χ0v) is 16.2. The van der Waals surface area contributed by atoms with Gasteiger partial charge in [0.2, 0.25) is 5.91 Å². The van der Waals surface area contributed by atoms with Crippen molar-refractivity contribution < 1.29 is 4.79 Å². The van der Waals surface area contributed by atoms with Crippen molar-refractivity contribution >= 4 is 23.5 Å². The molecule has 4 nitrogen and oxygen atoms in total. The van der Waals surface area contributed by atoms with Crippen molar-refractivity contribution in [3.63, 3.8) is 0 Å². The van der Waals surface area contributed by atoms with E-state index >= 15 is 0 Å². The third-order valence-corrected chi connectivity index (χ3v) is 4.01. The molecular formula is C22H29N3O. The maximum absolute atomic E-state index is 12.2. The van der Waals surface area contributed by atoms with Gasteiger partial charge in [0.05, 0.1) is 12.0 Å². The fourth-order valence-electron chi connectivity index (χ4n) is 2.87. The summed E-state index contributed by atoms with van der Waals surface area (Å²) in [6, 6.07) is 16.0. The molecule has 2 aromatic carbocycles. The summed E-state index contributed by atoms with van der Waals surface area (Å²) in [7, 11) is 1.76. The molecule has 4 heteroatoms. The van der Waals surface area contributed by atoms with Crippen molar-refractivity contribution in [1.82, 2.24) is 0 Å². The standard InChI is InChI=1S/C22H29N3O/c1-5-6-17-7-9-18(10-8-17)15-21(26)24-19-11-13-20(14-12-19)25-22(2,3)16-23-4/h7-14,16,25H,5-6,15H2,1-4H3,(H,24,26). The number of anilines is 2. The van der Waals surface area contributed by atoms with Crippen molar-refractivity contribution in [3.05, 3.63) is 59.7 Å². The molecule has 2 aromatic rings. The number of hydrogen-bond donors (Lipinski definition) is 2. The molecule has 0 unspecified atom stereocenters. The molecule has 0 atom stereocenters. The fraction of sp³-hybridized carbons (Fsp3) is 0.364. The lowest BCUT2D eigenvalue weighted by molar-refractivity contribution is -0.115. The van der Waals surface area contributed by atoms with Gasteiger partial charge < -0.3 is 10.6 Å². The molecule has 1 amide bonds. The van der Waals surface area contributed by atoms with Crippen LogP contribution < -0.4 is 10.6 Å². The molecule has 0 saturated heterocycles. The summed E-state index contributed by atoms with van der Waals surface area (Å²) in [5.74, 6) is -0.00704. The number of carbonyl (C=O) groups is 1. The van der Waals surface area contributed by atoms with Gasteiger partial charge in [0.25, 0.3) is 0 Å². The normalized spacial score (nSPS) is 11.5. The topological polar surface area (TPSA) is 53.5 Å². The number of aryl methyl sites for hydroxylation is 1. The number of hydrogen-bond acceptors (Lipinski definition) is 3. The van der Waals surface area contributed by atoms with Gasteiger partial charge in [-0.3, -0.25) is 9.79 Å². The van der Waals surface area contributed by atoms with Gasteiger partial charge >= 0.3 is 0 Å². The SMILES string of the molecule is CCCc1ccc(CC(=O)Nc2ccc(NC(C)(C)C=NC)cc2)cc1. The molecule has 26 heavy (non-hydrogen) atoms. The summed E-state index contributed by atoms with van der Waals surface area (Å²) < 4.78 is 0. The Balaban J connectivity index is 1.90. The van der Waals surface area contributed by atoms with Crippen molar-refractivity contribution in [2.75, 3.05) is 17.7 Å². The van der Waals surface area contributed by atoms with Crippen molar-refractivity contribution in [1.29, 1.82) is 0 Å². The van der Waals surface area contributed by atoms with Gasteiger partial charge in [-0.15, -0.1) is 0 Å². The number of benzene rings is 2. The predicted molar refractivity (Wildman–Crippen MR) is 111 cm³/mol. The number of nitrogens with one attached hydrogen (secondary N) is 2. The van der Waals surface area contributed by atoms with Gasteiger partial charge in [0, 0.05) is 24.6 Å². The fourth-order valence-corrected chi connectivity index (χ4v) is 2.87. The van der Waals surface area contributed by atoms with Crippen molar-refractivity contribution in [3.8, 4) is 0 Å². The molecule has 138 valence electrons. The number of amides is 1. The highest BCUT2D eigenvalue weighted by molar-refractivity contribution is 5.92. The monoisotopic (exact) mass is 351 g/mol. The molecule has 2 N–H and O–H groups in total. The summed E-state index contributed by atoms with van der Waals surface area (Å²) >= 11 is 0. The molecule has 0 bridgehead atoms. The van der Waals surface area contributed by atoms with Crippen LogP contribution in [0.5, 0.6) is 0 Å². The molecule has 0 aliphatic carbocycles. The van der Waals surface area contributed by atoms with E-state index in [-0.39, 0.29) is 11.4 Å². The van der Waals surface area contributed by atoms with E-state index in [1.54, 1.807) is 7.05 Å². The Bertz CT molecular complexity index is 731. The number of nitrogens with zero attached hydrogens (tertiary/aromatic N) is 1. The average Bonchev–Trinajstić information content (AvgIpc) is 2.58. The summed E-state index contributed by atoms with van der Waals surface area (Å²) in [5, 5.41) is 6.35. The summed E-state index contributed by atoms with van der Waals surface area (Å²) in [6.45, 7) is 6.28. The molecule has 0 aliphatic heterocycles. The first kappa shape index (κ1) is 19.7. The van der Waals surface area contributed by atoms with Crippen LogP contribution in [0.4, 0.5) is 11.4 Å². The highest BCUT2D eigenvalue weighted by Gasteiger charge is 2.13. The van der Waals surface area contributed by atoms with Crippen LogP contribution in [0, 0.1) is 0 Å². The predicted octanol–water partition coefficient (Wildman–Crippen LogP) is 4.71. The third kappa shape index (κ3) is 6.36. The number of rotatable bonds is 8. The van der Waals surface area contributed by atoms with Gasteiger partial charge in [-0.2, -0.15) is 0 Å². The second kappa shape index (κ2) is 9.18. The summed E-state index contributed by atoms with van der Waals surface area (Å²) in [4.78, 5) is 16.3. The first-order valence-electron chi connectivity index (χ1n) is 9.11. The third-order valence-electron chi connectivity index (χ3n) is 4.01. The maximum atomic E-state index is 12.2. The van der Waals surface area contributed by atoms with Crippen LogP contribution in [0.15, 0.2) is 53.5 Å². The molecule has 0 aromatic heterocycles. The molecule has 0 heterocycles. The van der Waals surface area contributed by atoms with Gasteiger partial charge in [0.15, 0.2) is 0 Å². The van der Waals surface area contributed by atoms with Crippen LogP contribution in [0.2, 0.25) is 0 Å². The van der Waals surface area contributed by atoms with Crippen LogP contribution >= 0.6 is 0 Å².